The molecule has 1 aromatic rings. The van der Waals surface area contributed by atoms with E-state index in [4.69, 9.17) is 30.1 Å². The molecule has 1 saturated heterocycles. The lowest BCUT2D eigenvalue weighted by atomic mass is 9.94. The quantitative estimate of drug-likeness (QED) is 0.262. The van der Waals surface area contributed by atoms with E-state index in [0.717, 1.165) is 0 Å². The number of carbonyl (C=O) groups is 2. The van der Waals surface area contributed by atoms with Crippen LogP contribution >= 0.6 is 19.3 Å². The molecule has 1 aromatic carbocycles. The fourth-order valence-electron chi connectivity index (χ4n) is 4.24. The molecule has 7 atom stereocenters. The number of hydrogen-bond donors (Lipinski definition) is 4. The minimum absolute atomic E-state index is 0.0568. The summed E-state index contributed by atoms with van der Waals surface area (Å²) in [5, 5.41) is 27.7. The van der Waals surface area contributed by atoms with Crippen LogP contribution in [-0.2, 0) is 28.2 Å². The Morgan fingerprint density at radius 3 is 2.72 bits per heavy atom. The molecule has 7 unspecified atom stereocenters. The van der Waals surface area contributed by atoms with Crippen LogP contribution in [0.3, 0.4) is 0 Å². The zero-order valence-corrected chi connectivity index (χ0v) is 21.6. The van der Waals surface area contributed by atoms with Gasteiger partial charge in [0.15, 0.2) is 6.23 Å². The molecule has 1 aliphatic carbocycles. The first kappa shape index (κ1) is 26.9. The van der Waals surface area contributed by atoms with Gasteiger partial charge >= 0.3 is 13.7 Å². The molecule has 0 bridgehead atoms. The van der Waals surface area contributed by atoms with Crippen LogP contribution in [0.15, 0.2) is 36.5 Å². The van der Waals surface area contributed by atoms with Crippen molar-refractivity contribution in [3.8, 4) is 5.75 Å². The van der Waals surface area contributed by atoms with E-state index in [-0.39, 0.29) is 31.4 Å². The summed E-state index contributed by atoms with van der Waals surface area (Å²) in [7, 11) is -4.24. The van der Waals surface area contributed by atoms with E-state index in [1.807, 2.05) is 0 Å². The summed E-state index contributed by atoms with van der Waals surface area (Å²) in [6.07, 6.45) is -0.575. The van der Waals surface area contributed by atoms with Crippen molar-refractivity contribution in [1.29, 1.82) is 0 Å². The minimum atomic E-state index is -4.24. The normalized spacial score (nSPS) is 33.7. The van der Waals surface area contributed by atoms with Crippen molar-refractivity contribution in [3.63, 3.8) is 0 Å². The van der Waals surface area contributed by atoms with Gasteiger partial charge in [-0.3, -0.25) is 14.1 Å². The summed E-state index contributed by atoms with van der Waals surface area (Å²) >= 11 is 5.92. The molecule has 2 fully saturated rings. The molecule has 3 aliphatic rings. The molecule has 1 saturated carbocycles. The summed E-state index contributed by atoms with van der Waals surface area (Å²) in [5.74, 6) is -0.799. The maximum atomic E-state index is 13.8. The summed E-state index contributed by atoms with van der Waals surface area (Å²) in [6, 6.07) is 4.98. The molecule has 2 heterocycles. The smallest absolute Gasteiger partial charge is 0.459 e. The van der Waals surface area contributed by atoms with Crippen LogP contribution in [0.25, 0.3) is 0 Å². The Hall–Kier alpha value is -2.18. The van der Waals surface area contributed by atoms with E-state index in [2.05, 4.69) is 10.4 Å². The van der Waals surface area contributed by atoms with Gasteiger partial charge in [-0.2, -0.15) is 5.09 Å². The van der Waals surface area contributed by atoms with Gasteiger partial charge in [0.25, 0.3) is 0 Å². The molecular formula is C22H29ClN3O9P. The Balaban J connectivity index is 1.54. The number of aliphatic hydroxyl groups excluding tert-OH is 1. The number of amides is 1. The first-order valence-electron chi connectivity index (χ1n) is 11.4. The number of esters is 1. The first-order valence-corrected chi connectivity index (χ1v) is 13.3. The summed E-state index contributed by atoms with van der Waals surface area (Å²) in [4.78, 5) is 25.2. The van der Waals surface area contributed by atoms with Crippen LogP contribution in [0.2, 0.25) is 5.02 Å². The molecule has 14 heteroatoms. The summed E-state index contributed by atoms with van der Waals surface area (Å²) < 4.78 is 36.3. The molecule has 36 heavy (non-hydrogen) atoms. The third-order valence-corrected chi connectivity index (χ3v) is 8.13. The fourth-order valence-corrected chi connectivity index (χ4v) is 6.09. The van der Waals surface area contributed by atoms with Gasteiger partial charge < -0.3 is 34.4 Å². The van der Waals surface area contributed by atoms with Crippen molar-refractivity contribution in [3.05, 3.63) is 41.6 Å². The minimum Gasteiger partial charge on any atom is -0.465 e. The van der Waals surface area contributed by atoms with E-state index in [0.29, 0.717) is 5.02 Å². The molecule has 4 N–H and O–H groups in total. The highest BCUT2D eigenvalue weighted by atomic mass is 35.5. The van der Waals surface area contributed by atoms with Crippen LogP contribution in [0.1, 0.15) is 27.2 Å². The second kappa shape index (κ2) is 9.94. The number of nitrogens with zero attached hydrogens (tertiary/aromatic N) is 1. The van der Waals surface area contributed by atoms with Crippen molar-refractivity contribution in [2.24, 2.45) is 0 Å². The third kappa shape index (κ3) is 5.26. The Morgan fingerprint density at radius 1 is 1.42 bits per heavy atom. The molecule has 1 spiro atoms. The zero-order chi connectivity index (χ0) is 26.3. The molecule has 1 amide bonds. The average Bonchev–Trinajstić information content (AvgIpc) is 3.46. The van der Waals surface area contributed by atoms with E-state index < -0.39 is 49.4 Å². The maximum absolute atomic E-state index is 13.8. The number of benzene rings is 1. The molecule has 198 valence electrons. The predicted octanol–water partition coefficient (Wildman–Crippen LogP) is 1.27. The SMILES string of the molecule is CCOC(=O)C(C)NP(=O)(Oc1ccc(Cl)cc1)OC1CC12OC(N1C=CC(=O)NC1)C(C)(O)C2O. The van der Waals surface area contributed by atoms with Crippen molar-refractivity contribution in [1.82, 2.24) is 15.3 Å². The Kier molecular flexibility index (Phi) is 7.42. The van der Waals surface area contributed by atoms with E-state index in [1.165, 1.54) is 55.3 Å². The van der Waals surface area contributed by atoms with Crippen LogP contribution in [0.4, 0.5) is 0 Å². The van der Waals surface area contributed by atoms with Gasteiger partial charge in [0, 0.05) is 23.7 Å². The molecule has 12 nitrogen and oxygen atoms in total. The van der Waals surface area contributed by atoms with Crippen molar-refractivity contribution in [2.75, 3.05) is 13.3 Å². The zero-order valence-electron chi connectivity index (χ0n) is 19.9. The summed E-state index contributed by atoms with van der Waals surface area (Å²) in [5.41, 5.74) is -3.14. The van der Waals surface area contributed by atoms with Gasteiger partial charge in [-0.1, -0.05) is 11.6 Å². The Labute approximate surface area is 213 Å². The molecular weight excluding hydrogens is 517 g/mol. The number of halogens is 1. The van der Waals surface area contributed by atoms with Crippen molar-refractivity contribution < 1.29 is 42.9 Å². The lowest BCUT2D eigenvalue weighted by molar-refractivity contribution is -0.144. The second-order valence-electron chi connectivity index (χ2n) is 9.03. The van der Waals surface area contributed by atoms with Crippen molar-refractivity contribution in [2.45, 2.75) is 62.9 Å². The van der Waals surface area contributed by atoms with E-state index in [9.17, 15) is 24.4 Å². The molecule has 4 rings (SSSR count). The number of nitrogens with one attached hydrogen (secondary N) is 2. The highest BCUT2D eigenvalue weighted by Crippen LogP contribution is 2.61. The largest absolute Gasteiger partial charge is 0.465 e. The number of carbonyl (C=O) groups excluding carboxylic acids is 2. The van der Waals surface area contributed by atoms with Crippen molar-refractivity contribution >= 4 is 31.2 Å². The van der Waals surface area contributed by atoms with Crippen LogP contribution in [0.5, 0.6) is 5.75 Å². The Morgan fingerprint density at radius 2 is 2.11 bits per heavy atom. The predicted molar refractivity (Wildman–Crippen MR) is 127 cm³/mol. The number of aliphatic hydroxyl groups is 2. The van der Waals surface area contributed by atoms with Crippen LogP contribution < -0.4 is 14.9 Å². The molecule has 2 aliphatic heterocycles. The lowest BCUT2D eigenvalue weighted by Gasteiger charge is -2.36. The fraction of sp³-hybridized carbons (Fsp3) is 0.545. The standard InChI is InChI=1S/C22H29ClN3O9P/c1-4-32-18(28)13(2)25-36(31,34-15-7-5-14(23)6-8-15)35-16-11-22(16)19(29)21(3,30)20(33-22)26-10-9-17(27)24-12-26/h5-10,13,16,19-20,29-30H,4,11-12H2,1-3H3,(H,24,27)(H,25,31). The lowest BCUT2D eigenvalue weighted by Crippen LogP contribution is -2.55. The monoisotopic (exact) mass is 545 g/mol. The van der Waals surface area contributed by atoms with E-state index in [1.54, 1.807) is 6.92 Å². The third-order valence-electron chi connectivity index (χ3n) is 6.19. The van der Waals surface area contributed by atoms with E-state index >= 15 is 0 Å². The van der Waals surface area contributed by atoms with Gasteiger partial charge in [-0.15, -0.1) is 0 Å². The summed E-state index contributed by atoms with van der Waals surface area (Å²) in [6.45, 7) is 4.67. The van der Waals surface area contributed by atoms with Gasteiger partial charge in [0.2, 0.25) is 5.91 Å². The molecule has 0 radical (unpaired) electrons. The average molecular weight is 546 g/mol. The van der Waals surface area contributed by atoms with Gasteiger partial charge in [-0.05, 0) is 45.0 Å². The maximum Gasteiger partial charge on any atom is 0.459 e. The highest BCUT2D eigenvalue weighted by molar-refractivity contribution is 7.52. The topological polar surface area (TPSA) is 156 Å². The highest BCUT2D eigenvalue weighted by Gasteiger charge is 2.75. The van der Waals surface area contributed by atoms with Gasteiger partial charge in [-0.25, -0.2) is 4.57 Å². The van der Waals surface area contributed by atoms with Gasteiger partial charge in [0.05, 0.1) is 13.3 Å². The Bertz CT molecular complexity index is 1090. The number of rotatable bonds is 9. The van der Waals surface area contributed by atoms with Gasteiger partial charge in [0.1, 0.15) is 35.2 Å². The molecule has 0 aromatic heterocycles. The first-order chi connectivity index (χ1) is 16.9. The number of ether oxygens (including phenoxy) is 2. The van der Waals surface area contributed by atoms with Crippen LogP contribution in [-0.4, -0.2) is 75.9 Å². The number of hydrogen-bond acceptors (Lipinski definition) is 10. The second-order valence-corrected chi connectivity index (χ2v) is 11.1. The van der Waals surface area contributed by atoms with Crippen LogP contribution in [0, 0.1) is 0 Å².